The highest BCUT2D eigenvalue weighted by molar-refractivity contribution is 9.10. The molecule has 0 bridgehead atoms. The maximum Gasteiger partial charge on any atom is 0.261 e. The highest BCUT2D eigenvalue weighted by Gasteiger charge is 2.26. The van der Waals surface area contributed by atoms with Crippen molar-refractivity contribution in [1.29, 1.82) is 0 Å². The number of benzene rings is 3. The van der Waals surface area contributed by atoms with Gasteiger partial charge < -0.3 is 15.0 Å². The monoisotopic (exact) mass is 496 g/mol. The molecule has 3 aromatic carbocycles. The molecule has 1 atom stereocenters. The average Bonchev–Trinajstić information content (AvgIpc) is 2.81. The van der Waals surface area contributed by atoms with E-state index in [0.29, 0.717) is 18.8 Å². The molecule has 2 amide bonds. The summed E-state index contributed by atoms with van der Waals surface area (Å²) in [4.78, 5) is 27.5. The predicted octanol–water partition coefficient (Wildman–Crippen LogP) is 5.31. The smallest absolute Gasteiger partial charge is 0.261 e. The minimum Gasteiger partial charge on any atom is -0.483 e. The van der Waals surface area contributed by atoms with Crippen LogP contribution in [0.3, 0.4) is 0 Å². The maximum atomic E-state index is 13.2. The van der Waals surface area contributed by atoms with E-state index >= 15 is 0 Å². The van der Waals surface area contributed by atoms with Crippen LogP contribution in [0.1, 0.15) is 32.3 Å². The van der Waals surface area contributed by atoms with Gasteiger partial charge >= 0.3 is 0 Å². The van der Waals surface area contributed by atoms with E-state index in [1.807, 2.05) is 66.7 Å². The highest BCUT2D eigenvalue weighted by Crippen LogP contribution is 2.25. The van der Waals surface area contributed by atoms with Gasteiger partial charge in [0.1, 0.15) is 11.8 Å². The van der Waals surface area contributed by atoms with E-state index in [1.165, 1.54) is 0 Å². The lowest BCUT2D eigenvalue weighted by Crippen LogP contribution is -2.49. The number of carbonyl (C=O) groups excluding carboxylic acids is 2. The minimum absolute atomic E-state index is 0.142. The Kier molecular flexibility index (Phi) is 8.68. The number of halogens is 1. The van der Waals surface area contributed by atoms with Crippen molar-refractivity contribution in [2.24, 2.45) is 0 Å². The van der Waals surface area contributed by atoms with Crippen LogP contribution in [0.2, 0.25) is 0 Å². The van der Waals surface area contributed by atoms with Gasteiger partial charge in [0, 0.05) is 22.9 Å². The van der Waals surface area contributed by atoms with Crippen molar-refractivity contribution < 1.29 is 14.3 Å². The fourth-order valence-electron chi connectivity index (χ4n) is 3.45. The molecule has 3 rings (SSSR count). The van der Waals surface area contributed by atoms with Gasteiger partial charge in [0.25, 0.3) is 5.91 Å². The second-order valence-corrected chi connectivity index (χ2v) is 8.65. The number of amides is 2. The fraction of sp³-hybridized carbons (Fsp3) is 0.308. The Morgan fingerprint density at radius 3 is 2.50 bits per heavy atom. The van der Waals surface area contributed by atoms with Gasteiger partial charge in [0.2, 0.25) is 5.91 Å². The molecule has 0 radical (unpaired) electrons. The Bertz CT molecular complexity index is 1050. The molecule has 0 fully saturated rings. The lowest BCUT2D eigenvalue weighted by molar-refractivity contribution is -0.142. The largest absolute Gasteiger partial charge is 0.483 e. The first-order valence-electron chi connectivity index (χ1n) is 10.9. The Balaban J connectivity index is 1.75. The first kappa shape index (κ1) is 23.8. The van der Waals surface area contributed by atoms with Crippen LogP contribution in [-0.4, -0.2) is 35.9 Å². The zero-order chi connectivity index (χ0) is 22.9. The molecule has 0 heterocycles. The summed E-state index contributed by atoms with van der Waals surface area (Å²) in [6, 6.07) is 20.8. The van der Waals surface area contributed by atoms with E-state index in [0.717, 1.165) is 33.7 Å². The molecular formula is C26H29BrN2O3. The lowest BCUT2D eigenvalue weighted by atomic mass is 10.1. The number of nitrogens with zero attached hydrogens (tertiary/aromatic N) is 1. The van der Waals surface area contributed by atoms with E-state index in [9.17, 15) is 9.59 Å². The Labute approximate surface area is 197 Å². The molecule has 0 aliphatic carbocycles. The molecule has 0 aliphatic heterocycles. The van der Waals surface area contributed by atoms with Gasteiger partial charge in [-0.2, -0.15) is 0 Å². The van der Waals surface area contributed by atoms with Gasteiger partial charge in [-0.15, -0.1) is 0 Å². The van der Waals surface area contributed by atoms with Crippen LogP contribution in [0, 0.1) is 0 Å². The molecule has 168 valence electrons. The van der Waals surface area contributed by atoms with Crippen molar-refractivity contribution in [3.8, 4) is 5.75 Å². The molecule has 3 aromatic rings. The Morgan fingerprint density at radius 1 is 1.03 bits per heavy atom. The van der Waals surface area contributed by atoms with Crippen LogP contribution in [0.4, 0.5) is 0 Å². The first-order chi connectivity index (χ1) is 15.5. The van der Waals surface area contributed by atoms with Crippen LogP contribution in [-0.2, 0) is 16.1 Å². The summed E-state index contributed by atoms with van der Waals surface area (Å²) in [6.45, 7) is 4.62. The maximum absolute atomic E-state index is 13.2. The fourth-order valence-corrected chi connectivity index (χ4v) is 3.71. The third-order valence-electron chi connectivity index (χ3n) is 5.36. The zero-order valence-electron chi connectivity index (χ0n) is 18.5. The quantitative estimate of drug-likeness (QED) is 0.386. The standard InChI is InChI=1S/C26H29BrN2O3/c1-3-4-16-28-26(31)19(2)29(17-20-12-14-22(27)15-13-20)25(30)18-32-24-11-7-9-21-8-5-6-10-23(21)24/h5-15,19H,3-4,16-18H2,1-2H3,(H,28,31)/t19-/m1/s1. The number of unbranched alkanes of at least 4 members (excludes halogenated alkanes) is 1. The van der Waals surface area contributed by atoms with Gasteiger partial charge in [-0.05, 0) is 42.5 Å². The van der Waals surface area contributed by atoms with E-state index in [2.05, 4.69) is 28.2 Å². The van der Waals surface area contributed by atoms with E-state index in [4.69, 9.17) is 4.74 Å². The molecule has 0 saturated carbocycles. The second-order valence-electron chi connectivity index (χ2n) is 7.73. The number of carbonyl (C=O) groups is 2. The van der Waals surface area contributed by atoms with Crippen molar-refractivity contribution in [3.05, 3.63) is 76.8 Å². The van der Waals surface area contributed by atoms with Crippen molar-refractivity contribution in [2.75, 3.05) is 13.2 Å². The zero-order valence-corrected chi connectivity index (χ0v) is 20.1. The van der Waals surface area contributed by atoms with Gasteiger partial charge in [0.15, 0.2) is 6.61 Å². The van der Waals surface area contributed by atoms with Crippen LogP contribution >= 0.6 is 15.9 Å². The molecule has 0 spiro atoms. The van der Waals surface area contributed by atoms with Gasteiger partial charge in [-0.25, -0.2) is 0 Å². The average molecular weight is 497 g/mol. The summed E-state index contributed by atoms with van der Waals surface area (Å²) in [6.07, 6.45) is 1.90. The number of hydrogen-bond acceptors (Lipinski definition) is 3. The molecule has 0 aromatic heterocycles. The minimum atomic E-state index is -0.612. The molecule has 1 N–H and O–H groups in total. The Morgan fingerprint density at radius 2 is 1.75 bits per heavy atom. The topological polar surface area (TPSA) is 58.6 Å². The van der Waals surface area contributed by atoms with Crippen LogP contribution in [0.15, 0.2) is 71.2 Å². The summed E-state index contributed by atoms with van der Waals surface area (Å²) < 4.78 is 6.88. The molecular weight excluding hydrogens is 468 g/mol. The van der Waals surface area contributed by atoms with Gasteiger partial charge in [0.05, 0.1) is 0 Å². The molecule has 0 unspecified atom stereocenters. The summed E-state index contributed by atoms with van der Waals surface area (Å²) in [5.41, 5.74) is 0.944. The van der Waals surface area contributed by atoms with Crippen molar-refractivity contribution in [3.63, 3.8) is 0 Å². The summed E-state index contributed by atoms with van der Waals surface area (Å²) in [7, 11) is 0. The summed E-state index contributed by atoms with van der Waals surface area (Å²) in [5.74, 6) is 0.258. The van der Waals surface area contributed by atoms with Gasteiger partial charge in [-0.1, -0.05) is 77.8 Å². The molecule has 32 heavy (non-hydrogen) atoms. The van der Waals surface area contributed by atoms with Crippen molar-refractivity contribution in [2.45, 2.75) is 39.3 Å². The van der Waals surface area contributed by atoms with Crippen LogP contribution < -0.4 is 10.1 Å². The summed E-state index contributed by atoms with van der Waals surface area (Å²) >= 11 is 3.43. The van der Waals surface area contributed by atoms with Crippen molar-refractivity contribution in [1.82, 2.24) is 10.2 Å². The SMILES string of the molecule is CCCCNC(=O)[C@@H](C)N(Cc1ccc(Br)cc1)C(=O)COc1cccc2ccccc12. The number of nitrogens with one attached hydrogen (secondary N) is 1. The number of rotatable bonds is 10. The predicted molar refractivity (Wildman–Crippen MR) is 132 cm³/mol. The lowest BCUT2D eigenvalue weighted by Gasteiger charge is -2.29. The summed E-state index contributed by atoms with van der Waals surface area (Å²) in [5, 5.41) is 4.93. The van der Waals surface area contributed by atoms with E-state index in [-0.39, 0.29) is 18.4 Å². The molecule has 0 saturated heterocycles. The number of fused-ring (bicyclic) bond motifs is 1. The van der Waals surface area contributed by atoms with Crippen LogP contribution in [0.5, 0.6) is 5.75 Å². The van der Waals surface area contributed by atoms with Crippen molar-refractivity contribution >= 4 is 38.5 Å². The first-order valence-corrected chi connectivity index (χ1v) is 11.7. The normalized spacial score (nSPS) is 11.7. The molecule has 6 heteroatoms. The number of ether oxygens (including phenoxy) is 1. The number of hydrogen-bond donors (Lipinski definition) is 1. The second kappa shape index (κ2) is 11.7. The van der Waals surface area contributed by atoms with Crippen LogP contribution in [0.25, 0.3) is 10.8 Å². The van der Waals surface area contributed by atoms with Gasteiger partial charge in [-0.3, -0.25) is 9.59 Å². The van der Waals surface area contributed by atoms with E-state index < -0.39 is 6.04 Å². The molecule has 0 aliphatic rings. The third-order valence-corrected chi connectivity index (χ3v) is 5.89. The highest BCUT2D eigenvalue weighted by atomic mass is 79.9. The third kappa shape index (κ3) is 6.33. The van der Waals surface area contributed by atoms with E-state index in [1.54, 1.807) is 11.8 Å². The molecule has 5 nitrogen and oxygen atoms in total. The Hall–Kier alpha value is -2.86.